The predicted octanol–water partition coefficient (Wildman–Crippen LogP) is 7.37. The van der Waals surface area contributed by atoms with Crippen LogP contribution >= 0.6 is 23.2 Å². The Kier molecular flexibility index (Phi) is 5.00. The van der Waals surface area contributed by atoms with E-state index in [1.165, 1.54) is 0 Å². The summed E-state index contributed by atoms with van der Waals surface area (Å²) in [6.07, 6.45) is 9.23. The molecule has 0 unspecified atom stereocenters. The summed E-state index contributed by atoms with van der Waals surface area (Å²) in [5.74, 6) is 2.80. The van der Waals surface area contributed by atoms with Gasteiger partial charge in [-0.15, -0.1) is 23.2 Å². The number of hydrogen-bond acceptors (Lipinski definition) is 3. The largest absolute Gasteiger partial charge is 0.428 e. The van der Waals surface area contributed by atoms with Crippen molar-refractivity contribution < 1.29 is 14.3 Å². The molecule has 0 aromatic heterocycles. The highest BCUT2D eigenvalue weighted by Gasteiger charge is 2.85. The molecule has 1 aromatic rings. The number of hydrogen-bond donors (Lipinski definition) is 0. The van der Waals surface area contributed by atoms with E-state index in [4.69, 9.17) is 27.9 Å². The van der Waals surface area contributed by atoms with Gasteiger partial charge in [-0.1, -0.05) is 32.0 Å². The Morgan fingerprint density at radius 2 is 1.74 bits per heavy atom. The SMILES string of the molecule is CC(=O)[C@H]1CC[C@H]2[C@@H]3C[C@@H]4C(Cl)(Cl)[C@@]45C=C(OC(=O)c4ccccc4)CC[C@]5(C)[C@H]3CC[C@]12C. The van der Waals surface area contributed by atoms with Crippen LogP contribution in [-0.2, 0) is 9.53 Å². The van der Waals surface area contributed by atoms with Gasteiger partial charge in [0.2, 0.25) is 0 Å². The Morgan fingerprint density at radius 3 is 2.44 bits per heavy atom. The number of alkyl halides is 2. The smallest absolute Gasteiger partial charge is 0.343 e. The van der Waals surface area contributed by atoms with Gasteiger partial charge in [-0.25, -0.2) is 4.79 Å². The van der Waals surface area contributed by atoms with Crippen LogP contribution < -0.4 is 0 Å². The molecule has 4 fully saturated rings. The molecule has 0 radical (unpaired) electrons. The summed E-state index contributed by atoms with van der Waals surface area (Å²) < 4.78 is 5.05. The molecule has 4 saturated carbocycles. The third-order valence-electron chi connectivity index (χ3n) is 11.2. The van der Waals surface area contributed by atoms with Crippen LogP contribution in [-0.4, -0.2) is 16.1 Å². The van der Waals surface area contributed by atoms with Gasteiger partial charge in [-0.2, -0.15) is 0 Å². The van der Waals surface area contributed by atoms with E-state index in [0.29, 0.717) is 29.1 Å². The molecule has 5 heteroatoms. The van der Waals surface area contributed by atoms with E-state index in [9.17, 15) is 9.59 Å². The Labute approximate surface area is 212 Å². The van der Waals surface area contributed by atoms with Crippen LogP contribution in [0.5, 0.6) is 0 Å². The number of rotatable bonds is 3. The van der Waals surface area contributed by atoms with Crippen LogP contribution in [0.3, 0.4) is 0 Å². The van der Waals surface area contributed by atoms with Gasteiger partial charge in [-0.05, 0) is 92.2 Å². The van der Waals surface area contributed by atoms with E-state index < -0.39 is 4.33 Å². The standard InChI is InChI=1S/C29H34Cl2O3/c1-17(32)21-9-10-22-20-15-24-28(29(24,30)31)16-19(34-25(33)18-7-5-4-6-8-18)11-14-27(28,3)23(20)12-13-26(21,22)2/h4-8,16,20-24H,9-15H2,1-3H3/t20-,21+,22-,23-,24-,26+,27+,28-/m0/s1. The van der Waals surface area contributed by atoms with Crippen molar-refractivity contribution in [3.05, 3.63) is 47.7 Å². The molecule has 182 valence electrons. The maximum Gasteiger partial charge on any atom is 0.343 e. The molecule has 0 amide bonds. The van der Waals surface area contributed by atoms with E-state index in [1.807, 2.05) is 18.2 Å². The summed E-state index contributed by atoms with van der Waals surface area (Å²) in [4.78, 5) is 25.2. The van der Waals surface area contributed by atoms with Crippen LogP contribution in [0.4, 0.5) is 0 Å². The molecule has 1 aromatic carbocycles. The number of ether oxygens (including phenoxy) is 1. The van der Waals surface area contributed by atoms with Crippen molar-refractivity contribution in [2.75, 3.05) is 0 Å². The number of allylic oxidation sites excluding steroid dienone is 2. The lowest BCUT2D eigenvalue weighted by Crippen LogP contribution is -2.54. The lowest BCUT2D eigenvalue weighted by molar-refractivity contribution is -0.131. The van der Waals surface area contributed by atoms with Crippen LogP contribution in [0, 0.1) is 45.8 Å². The summed E-state index contributed by atoms with van der Waals surface area (Å²) in [5, 5.41) is 0. The first-order valence-corrected chi connectivity index (χ1v) is 13.7. The van der Waals surface area contributed by atoms with E-state index >= 15 is 0 Å². The van der Waals surface area contributed by atoms with Crippen molar-refractivity contribution in [3.63, 3.8) is 0 Å². The zero-order valence-electron chi connectivity index (χ0n) is 20.3. The second kappa shape index (κ2) is 7.35. The highest BCUT2D eigenvalue weighted by atomic mass is 35.5. The van der Waals surface area contributed by atoms with Crippen molar-refractivity contribution in [1.82, 2.24) is 0 Å². The third-order valence-corrected chi connectivity index (χ3v) is 12.3. The number of ketones is 1. The van der Waals surface area contributed by atoms with Gasteiger partial charge in [0.1, 0.15) is 15.9 Å². The van der Waals surface area contributed by atoms with Gasteiger partial charge in [0.15, 0.2) is 0 Å². The fraction of sp³-hybridized carbons (Fsp3) is 0.655. The number of carbonyl (C=O) groups excluding carboxylic acids is 2. The molecule has 0 aliphatic heterocycles. The Balaban J connectivity index is 1.32. The predicted molar refractivity (Wildman–Crippen MR) is 133 cm³/mol. The summed E-state index contributed by atoms with van der Waals surface area (Å²) in [7, 11) is 0. The van der Waals surface area contributed by atoms with Crippen LogP contribution in [0.25, 0.3) is 0 Å². The molecule has 3 nitrogen and oxygen atoms in total. The molecule has 1 spiro atoms. The van der Waals surface area contributed by atoms with E-state index in [1.54, 1.807) is 19.1 Å². The minimum absolute atomic E-state index is 0.0254. The number of Topliss-reactive ketones (excluding diaryl/α,β-unsaturated/α-hetero) is 1. The summed E-state index contributed by atoms with van der Waals surface area (Å²) in [5.41, 5.74) is 0.297. The van der Waals surface area contributed by atoms with Gasteiger partial charge in [-0.3, -0.25) is 4.79 Å². The van der Waals surface area contributed by atoms with E-state index in [-0.39, 0.29) is 34.1 Å². The van der Waals surface area contributed by atoms with Gasteiger partial charge in [0.25, 0.3) is 0 Å². The third kappa shape index (κ3) is 2.78. The first-order valence-electron chi connectivity index (χ1n) is 12.9. The number of carbonyl (C=O) groups is 2. The fourth-order valence-corrected chi connectivity index (χ4v) is 10.8. The fourth-order valence-electron chi connectivity index (χ4n) is 9.56. The van der Waals surface area contributed by atoms with Gasteiger partial charge >= 0.3 is 5.97 Å². The first kappa shape index (κ1) is 23.1. The molecule has 0 saturated heterocycles. The second-order valence-corrected chi connectivity index (χ2v) is 13.6. The Hall–Kier alpha value is -1.32. The second-order valence-electron chi connectivity index (χ2n) is 12.2. The number of halogens is 2. The normalized spacial score (nSPS) is 45.7. The quantitative estimate of drug-likeness (QED) is 0.321. The molecule has 0 N–H and O–H groups in total. The monoisotopic (exact) mass is 500 g/mol. The summed E-state index contributed by atoms with van der Waals surface area (Å²) >= 11 is 14.3. The zero-order valence-corrected chi connectivity index (χ0v) is 21.8. The first-order chi connectivity index (χ1) is 16.1. The number of benzene rings is 1. The van der Waals surface area contributed by atoms with Crippen LogP contribution in [0.1, 0.15) is 76.1 Å². The molecule has 8 atom stereocenters. The molecule has 6 rings (SSSR count). The zero-order chi connectivity index (χ0) is 24.1. The molecular weight excluding hydrogens is 467 g/mol. The number of fused-ring (bicyclic) bond motifs is 4. The Morgan fingerprint density at radius 1 is 1.00 bits per heavy atom. The van der Waals surface area contributed by atoms with Crippen molar-refractivity contribution in [3.8, 4) is 0 Å². The molecular formula is C29H34Cl2O3. The highest BCUT2D eigenvalue weighted by Crippen LogP contribution is 2.86. The maximum atomic E-state index is 12.7. The van der Waals surface area contributed by atoms with Crippen LogP contribution in [0.15, 0.2) is 42.2 Å². The molecule has 34 heavy (non-hydrogen) atoms. The molecule has 0 heterocycles. The van der Waals surface area contributed by atoms with Crippen molar-refractivity contribution >= 4 is 35.0 Å². The van der Waals surface area contributed by atoms with Gasteiger partial charge < -0.3 is 4.74 Å². The van der Waals surface area contributed by atoms with E-state index in [2.05, 4.69) is 19.9 Å². The minimum Gasteiger partial charge on any atom is -0.428 e. The van der Waals surface area contributed by atoms with Gasteiger partial charge in [0, 0.05) is 23.7 Å². The molecule has 5 aliphatic carbocycles. The highest BCUT2D eigenvalue weighted by molar-refractivity contribution is 6.52. The Bertz CT molecular complexity index is 1080. The molecule has 5 aliphatic rings. The lowest BCUT2D eigenvalue weighted by atomic mass is 9.45. The van der Waals surface area contributed by atoms with Crippen LogP contribution in [0.2, 0.25) is 0 Å². The van der Waals surface area contributed by atoms with E-state index in [0.717, 1.165) is 50.7 Å². The average Bonchev–Trinajstić information content (AvgIpc) is 3.08. The van der Waals surface area contributed by atoms with Crippen molar-refractivity contribution in [1.29, 1.82) is 0 Å². The summed E-state index contributed by atoms with van der Waals surface area (Å²) in [6.45, 7) is 6.56. The van der Waals surface area contributed by atoms with Crippen molar-refractivity contribution in [2.24, 2.45) is 45.8 Å². The molecule has 0 bridgehead atoms. The maximum absolute atomic E-state index is 12.7. The topological polar surface area (TPSA) is 43.4 Å². The average molecular weight is 501 g/mol. The minimum atomic E-state index is -0.834. The van der Waals surface area contributed by atoms with Gasteiger partial charge in [0.05, 0.1) is 5.56 Å². The number of esters is 1. The summed E-state index contributed by atoms with van der Waals surface area (Å²) in [6, 6.07) is 9.14. The lowest BCUT2D eigenvalue weighted by Gasteiger charge is -2.59. The van der Waals surface area contributed by atoms with Crippen molar-refractivity contribution in [2.45, 2.75) is 70.1 Å².